The molecule has 0 atom stereocenters. The minimum atomic E-state index is 0.812. The smallest absolute Gasteiger partial charge is 0.123 e. The molecule has 96 valence electrons. The summed E-state index contributed by atoms with van der Waals surface area (Å²) in [6.45, 7) is 1.70. The molecule has 4 heteroatoms. The van der Waals surface area contributed by atoms with Crippen molar-refractivity contribution in [1.29, 1.82) is 0 Å². The first-order chi connectivity index (χ1) is 8.72. The molecule has 0 saturated heterocycles. The van der Waals surface area contributed by atoms with E-state index in [1.54, 1.807) is 7.11 Å². The van der Waals surface area contributed by atoms with Gasteiger partial charge in [-0.15, -0.1) is 0 Å². The SMILES string of the molecule is CNCc1ccn(Cc2cc(Br)ccc2OC)c1. The van der Waals surface area contributed by atoms with Gasteiger partial charge in [-0.3, -0.25) is 0 Å². The highest BCUT2D eigenvalue weighted by molar-refractivity contribution is 9.10. The zero-order chi connectivity index (χ0) is 13.0. The van der Waals surface area contributed by atoms with Crippen molar-refractivity contribution in [1.82, 2.24) is 9.88 Å². The van der Waals surface area contributed by atoms with E-state index in [1.807, 2.05) is 19.2 Å². The van der Waals surface area contributed by atoms with E-state index in [9.17, 15) is 0 Å². The van der Waals surface area contributed by atoms with Gasteiger partial charge in [0.2, 0.25) is 0 Å². The van der Waals surface area contributed by atoms with Gasteiger partial charge in [0.1, 0.15) is 5.75 Å². The fourth-order valence-electron chi connectivity index (χ4n) is 1.96. The molecule has 0 aliphatic carbocycles. The Balaban J connectivity index is 2.19. The van der Waals surface area contributed by atoms with Gasteiger partial charge in [-0.1, -0.05) is 15.9 Å². The molecule has 0 bridgehead atoms. The van der Waals surface area contributed by atoms with E-state index < -0.39 is 0 Å². The predicted molar refractivity (Wildman–Crippen MR) is 77.0 cm³/mol. The molecule has 2 rings (SSSR count). The Hall–Kier alpha value is -1.26. The Morgan fingerprint density at radius 2 is 2.17 bits per heavy atom. The molecule has 18 heavy (non-hydrogen) atoms. The molecule has 1 aromatic heterocycles. The molecular weight excluding hydrogens is 292 g/mol. The number of hydrogen-bond donors (Lipinski definition) is 1. The lowest BCUT2D eigenvalue weighted by molar-refractivity contribution is 0.408. The Bertz CT molecular complexity index is 522. The molecule has 1 heterocycles. The molecule has 0 aliphatic heterocycles. The maximum Gasteiger partial charge on any atom is 0.123 e. The van der Waals surface area contributed by atoms with Crippen LogP contribution in [0.2, 0.25) is 0 Å². The van der Waals surface area contributed by atoms with Crippen LogP contribution < -0.4 is 10.1 Å². The topological polar surface area (TPSA) is 26.2 Å². The zero-order valence-corrected chi connectivity index (χ0v) is 12.2. The van der Waals surface area contributed by atoms with Crippen LogP contribution >= 0.6 is 15.9 Å². The largest absolute Gasteiger partial charge is 0.496 e. The van der Waals surface area contributed by atoms with Crippen LogP contribution in [0, 0.1) is 0 Å². The Kier molecular flexibility index (Phi) is 4.44. The predicted octanol–water partition coefficient (Wildman–Crippen LogP) is 3.03. The van der Waals surface area contributed by atoms with Gasteiger partial charge in [-0.25, -0.2) is 0 Å². The average Bonchev–Trinajstić information content (AvgIpc) is 2.77. The fraction of sp³-hybridized carbons (Fsp3) is 0.286. The lowest BCUT2D eigenvalue weighted by atomic mass is 10.2. The summed E-state index contributed by atoms with van der Waals surface area (Å²) in [7, 11) is 3.66. The van der Waals surface area contributed by atoms with Gasteiger partial charge in [0.25, 0.3) is 0 Å². The van der Waals surface area contributed by atoms with Crippen LogP contribution in [0.15, 0.2) is 41.1 Å². The molecule has 3 nitrogen and oxygen atoms in total. The van der Waals surface area contributed by atoms with Gasteiger partial charge in [-0.2, -0.15) is 0 Å². The third-order valence-corrected chi connectivity index (χ3v) is 3.28. The molecule has 0 aliphatic rings. The van der Waals surface area contributed by atoms with Gasteiger partial charge in [0.15, 0.2) is 0 Å². The van der Waals surface area contributed by atoms with Crippen LogP contribution in [0.3, 0.4) is 0 Å². The van der Waals surface area contributed by atoms with Crippen LogP contribution in [-0.4, -0.2) is 18.7 Å². The van der Waals surface area contributed by atoms with E-state index in [0.717, 1.165) is 23.3 Å². The van der Waals surface area contributed by atoms with Crippen molar-refractivity contribution >= 4 is 15.9 Å². The van der Waals surface area contributed by atoms with Crippen molar-refractivity contribution in [2.75, 3.05) is 14.2 Å². The van der Waals surface area contributed by atoms with Crippen molar-refractivity contribution in [3.63, 3.8) is 0 Å². The summed E-state index contributed by atoms with van der Waals surface area (Å²) < 4.78 is 8.61. The number of nitrogens with one attached hydrogen (secondary N) is 1. The molecule has 1 N–H and O–H groups in total. The molecule has 0 unspecified atom stereocenters. The molecule has 0 radical (unpaired) electrons. The number of nitrogens with zero attached hydrogens (tertiary/aromatic N) is 1. The van der Waals surface area contributed by atoms with Crippen molar-refractivity contribution in [3.05, 3.63) is 52.3 Å². The lowest BCUT2D eigenvalue weighted by Crippen LogP contribution is -2.04. The molecule has 0 saturated carbocycles. The summed E-state index contributed by atoms with van der Waals surface area (Å²) in [5.41, 5.74) is 2.45. The van der Waals surface area contributed by atoms with E-state index in [0.29, 0.717) is 0 Å². The van der Waals surface area contributed by atoms with Crippen LogP contribution in [0.1, 0.15) is 11.1 Å². The number of ether oxygens (including phenoxy) is 1. The highest BCUT2D eigenvalue weighted by Gasteiger charge is 2.05. The van der Waals surface area contributed by atoms with E-state index in [2.05, 4.69) is 50.3 Å². The third-order valence-electron chi connectivity index (χ3n) is 2.79. The molecular formula is C14H17BrN2O. The Labute approximate surface area is 116 Å². The normalized spacial score (nSPS) is 10.6. The van der Waals surface area contributed by atoms with Crippen LogP contribution in [-0.2, 0) is 13.1 Å². The minimum absolute atomic E-state index is 0.812. The average molecular weight is 309 g/mol. The van der Waals surface area contributed by atoms with Crippen molar-refractivity contribution in [2.24, 2.45) is 0 Å². The summed E-state index contributed by atoms with van der Waals surface area (Å²) in [6, 6.07) is 8.19. The van der Waals surface area contributed by atoms with Crippen molar-refractivity contribution in [3.8, 4) is 5.75 Å². The van der Waals surface area contributed by atoms with Gasteiger partial charge >= 0.3 is 0 Å². The fourth-order valence-corrected chi connectivity index (χ4v) is 2.37. The first-order valence-electron chi connectivity index (χ1n) is 5.84. The molecule has 0 amide bonds. The standard InChI is InChI=1S/C14H17BrN2O/c1-16-8-11-5-6-17(9-11)10-12-7-13(15)3-4-14(12)18-2/h3-7,9,16H,8,10H2,1-2H3. The second-order valence-electron chi connectivity index (χ2n) is 4.18. The van der Waals surface area contributed by atoms with E-state index >= 15 is 0 Å². The van der Waals surface area contributed by atoms with Crippen LogP contribution in [0.5, 0.6) is 5.75 Å². The quantitative estimate of drug-likeness (QED) is 0.919. The van der Waals surface area contributed by atoms with Crippen molar-refractivity contribution in [2.45, 2.75) is 13.1 Å². The Morgan fingerprint density at radius 1 is 1.33 bits per heavy atom. The van der Waals surface area contributed by atoms with Gasteiger partial charge < -0.3 is 14.6 Å². The maximum atomic E-state index is 5.38. The number of rotatable bonds is 5. The zero-order valence-electron chi connectivity index (χ0n) is 10.6. The number of aromatic nitrogens is 1. The van der Waals surface area contributed by atoms with Crippen LogP contribution in [0.4, 0.5) is 0 Å². The lowest BCUT2D eigenvalue weighted by Gasteiger charge is -2.09. The number of halogens is 1. The second kappa shape index (κ2) is 6.07. The summed E-state index contributed by atoms with van der Waals surface area (Å²) >= 11 is 3.49. The van der Waals surface area contributed by atoms with Crippen LogP contribution in [0.25, 0.3) is 0 Å². The highest BCUT2D eigenvalue weighted by atomic mass is 79.9. The van der Waals surface area contributed by atoms with E-state index in [1.165, 1.54) is 11.1 Å². The summed E-state index contributed by atoms with van der Waals surface area (Å²) in [5.74, 6) is 0.919. The van der Waals surface area contributed by atoms with E-state index in [-0.39, 0.29) is 0 Å². The molecule has 1 aromatic carbocycles. The minimum Gasteiger partial charge on any atom is -0.496 e. The van der Waals surface area contributed by atoms with Gasteiger partial charge in [-0.05, 0) is 36.9 Å². The third kappa shape index (κ3) is 3.15. The highest BCUT2D eigenvalue weighted by Crippen LogP contribution is 2.24. The Morgan fingerprint density at radius 3 is 2.89 bits per heavy atom. The van der Waals surface area contributed by atoms with E-state index in [4.69, 9.17) is 4.74 Å². The first kappa shape index (κ1) is 13.2. The summed E-state index contributed by atoms with van der Waals surface area (Å²) in [5, 5.41) is 3.15. The monoisotopic (exact) mass is 308 g/mol. The molecule has 2 aromatic rings. The van der Waals surface area contributed by atoms with Gasteiger partial charge in [0.05, 0.1) is 13.7 Å². The summed E-state index contributed by atoms with van der Waals surface area (Å²) in [4.78, 5) is 0. The molecule has 0 spiro atoms. The van der Waals surface area contributed by atoms with Crippen molar-refractivity contribution < 1.29 is 4.74 Å². The number of methoxy groups -OCH3 is 1. The molecule has 0 fully saturated rings. The maximum absolute atomic E-state index is 5.38. The second-order valence-corrected chi connectivity index (χ2v) is 5.09. The van der Waals surface area contributed by atoms with Gasteiger partial charge in [0, 0.05) is 29.0 Å². The summed E-state index contributed by atoms with van der Waals surface area (Å²) in [6.07, 6.45) is 4.24. The number of benzene rings is 1. The first-order valence-corrected chi connectivity index (χ1v) is 6.64. The number of hydrogen-bond acceptors (Lipinski definition) is 2.